The Kier molecular flexibility index (Phi) is 6.82. The number of carbonyl (C=O) groups is 3. The Hall–Kier alpha value is -3.06. The molecule has 0 aromatic heterocycles. The van der Waals surface area contributed by atoms with Gasteiger partial charge >= 0.3 is 0 Å². The van der Waals surface area contributed by atoms with Crippen LogP contribution in [0.3, 0.4) is 0 Å². The number of aryl methyl sites for hydroxylation is 2. The predicted molar refractivity (Wildman–Crippen MR) is 144 cm³/mol. The molecule has 7 heteroatoms. The summed E-state index contributed by atoms with van der Waals surface area (Å²) in [6, 6.07) is 11.9. The highest BCUT2D eigenvalue weighted by Gasteiger charge is 2.37. The highest BCUT2D eigenvalue weighted by atomic mass is 32.2. The molecule has 2 heterocycles. The molecule has 35 heavy (non-hydrogen) atoms. The third-order valence-corrected chi connectivity index (χ3v) is 7.76. The minimum atomic E-state index is -0.433. The highest BCUT2D eigenvalue weighted by Crippen LogP contribution is 2.44. The van der Waals surface area contributed by atoms with Gasteiger partial charge in [0.15, 0.2) is 0 Å². The second-order valence-electron chi connectivity index (χ2n) is 10.1. The van der Waals surface area contributed by atoms with Crippen molar-refractivity contribution in [2.75, 3.05) is 23.3 Å². The number of nitrogens with zero attached hydrogens (tertiary/aromatic N) is 2. The Morgan fingerprint density at radius 3 is 2.60 bits per heavy atom. The van der Waals surface area contributed by atoms with Gasteiger partial charge in [0.05, 0.1) is 4.91 Å². The molecule has 2 aliphatic rings. The van der Waals surface area contributed by atoms with Crippen LogP contribution >= 0.6 is 11.8 Å². The fourth-order valence-electron chi connectivity index (χ4n) is 5.27. The number of benzene rings is 2. The van der Waals surface area contributed by atoms with Crippen molar-refractivity contribution in [2.45, 2.75) is 59.4 Å². The Morgan fingerprint density at radius 2 is 1.91 bits per heavy atom. The van der Waals surface area contributed by atoms with Crippen molar-refractivity contribution in [2.24, 2.45) is 0 Å². The molecule has 2 aliphatic heterocycles. The van der Waals surface area contributed by atoms with Crippen LogP contribution in [-0.4, -0.2) is 40.6 Å². The molecule has 1 fully saturated rings. The van der Waals surface area contributed by atoms with Gasteiger partial charge in [-0.1, -0.05) is 30.7 Å². The SMILES string of the molecule is CCN1c2ccc(/C=C3\SC(=O)N(CC(=O)Nc4ccc(C)cc4C)C3=O)cc2C(C)CC1(C)C. The fourth-order valence-corrected chi connectivity index (χ4v) is 6.11. The van der Waals surface area contributed by atoms with Crippen LogP contribution in [0.15, 0.2) is 41.3 Å². The number of thioether (sulfide) groups is 1. The van der Waals surface area contributed by atoms with Crippen LogP contribution in [-0.2, 0) is 9.59 Å². The molecule has 0 aliphatic carbocycles. The van der Waals surface area contributed by atoms with E-state index in [0.717, 1.165) is 46.3 Å². The number of anilines is 2. The Balaban J connectivity index is 1.51. The van der Waals surface area contributed by atoms with Gasteiger partial charge in [0, 0.05) is 23.5 Å². The third-order valence-electron chi connectivity index (χ3n) is 6.86. The van der Waals surface area contributed by atoms with Crippen molar-refractivity contribution in [1.82, 2.24) is 4.90 Å². The number of imide groups is 1. The van der Waals surface area contributed by atoms with Gasteiger partial charge in [0.2, 0.25) is 5.91 Å². The lowest BCUT2D eigenvalue weighted by molar-refractivity contribution is -0.127. The molecule has 0 bridgehead atoms. The lowest BCUT2D eigenvalue weighted by Crippen LogP contribution is -2.48. The van der Waals surface area contributed by atoms with Crippen molar-refractivity contribution in [3.63, 3.8) is 0 Å². The molecule has 1 unspecified atom stereocenters. The number of carbonyl (C=O) groups excluding carboxylic acids is 3. The minimum Gasteiger partial charge on any atom is -0.366 e. The van der Waals surface area contributed by atoms with E-state index in [-0.39, 0.29) is 12.1 Å². The topological polar surface area (TPSA) is 69.7 Å². The Labute approximate surface area is 211 Å². The van der Waals surface area contributed by atoms with Crippen LogP contribution in [0.5, 0.6) is 0 Å². The quantitative estimate of drug-likeness (QED) is 0.513. The average molecular weight is 492 g/mol. The van der Waals surface area contributed by atoms with E-state index in [1.807, 2.05) is 38.1 Å². The van der Waals surface area contributed by atoms with E-state index in [1.54, 1.807) is 6.08 Å². The van der Waals surface area contributed by atoms with E-state index < -0.39 is 17.1 Å². The van der Waals surface area contributed by atoms with Crippen LogP contribution in [0.25, 0.3) is 6.08 Å². The molecule has 1 saturated heterocycles. The van der Waals surface area contributed by atoms with E-state index in [9.17, 15) is 14.4 Å². The Bertz CT molecular complexity index is 1230. The van der Waals surface area contributed by atoms with E-state index in [0.29, 0.717) is 16.5 Å². The minimum absolute atomic E-state index is 0.0863. The first-order valence-corrected chi connectivity index (χ1v) is 12.9. The van der Waals surface area contributed by atoms with Crippen LogP contribution in [0.1, 0.15) is 62.3 Å². The molecule has 0 radical (unpaired) electrons. The summed E-state index contributed by atoms with van der Waals surface area (Å²) in [5.41, 5.74) is 6.16. The van der Waals surface area contributed by atoms with Gasteiger partial charge in [-0.05, 0) is 99.7 Å². The molecule has 0 spiro atoms. The standard InChI is InChI=1S/C28H33N3O3S/c1-7-31-23-11-9-20(13-21(23)19(4)15-28(31,5)6)14-24-26(33)30(27(34)35-24)16-25(32)29-22-10-8-17(2)12-18(22)3/h8-14,19H,7,15-16H2,1-6H3,(H,29,32)/b24-14-. The number of rotatable bonds is 5. The smallest absolute Gasteiger partial charge is 0.294 e. The summed E-state index contributed by atoms with van der Waals surface area (Å²) in [6.45, 7) is 13.5. The zero-order valence-electron chi connectivity index (χ0n) is 21.3. The molecule has 3 amide bonds. The molecule has 2 aromatic rings. The van der Waals surface area contributed by atoms with Crippen molar-refractivity contribution < 1.29 is 14.4 Å². The summed E-state index contributed by atoms with van der Waals surface area (Å²) in [7, 11) is 0. The maximum absolute atomic E-state index is 13.0. The van der Waals surface area contributed by atoms with Crippen LogP contribution in [0.4, 0.5) is 16.2 Å². The van der Waals surface area contributed by atoms with Gasteiger partial charge in [0.25, 0.3) is 11.1 Å². The second kappa shape index (κ2) is 9.53. The molecule has 184 valence electrons. The van der Waals surface area contributed by atoms with E-state index in [4.69, 9.17) is 0 Å². The lowest BCUT2D eigenvalue weighted by atomic mass is 9.79. The van der Waals surface area contributed by atoms with Crippen LogP contribution in [0, 0.1) is 13.8 Å². The monoisotopic (exact) mass is 491 g/mol. The lowest BCUT2D eigenvalue weighted by Gasteiger charge is -2.47. The summed E-state index contributed by atoms with van der Waals surface area (Å²) in [4.78, 5) is 41.9. The molecule has 4 rings (SSSR count). The molecule has 0 saturated carbocycles. The van der Waals surface area contributed by atoms with Gasteiger partial charge in [-0.15, -0.1) is 0 Å². The van der Waals surface area contributed by atoms with Crippen molar-refractivity contribution in [1.29, 1.82) is 0 Å². The van der Waals surface area contributed by atoms with Gasteiger partial charge in [0.1, 0.15) is 6.54 Å². The van der Waals surface area contributed by atoms with Crippen LogP contribution < -0.4 is 10.2 Å². The maximum Gasteiger partial charge on any atom is 0.294 e. The average Bonchev–Trinajstić information content (AvgIpc) is 3.03. The molecule has 1 N–H and O–H groups in total. The number of hydrogen-bond acceptors (Lipinski definition) is 5. The third kappa shape index (κ3) is 5.01. The number of hydrogen-bond donors (Lipinski definition) is 1. The normalized spacial score (nSPS) is 20.4. The zero-order chi connectivity index (χ0) is 25.5. The number of fused-ring (bicyclic) bond motifs is 1. The largest absolute Gasteiger partial charge is 0.366 e. The highest BCUT2D eigenvalue weighted by molar-refractivity contribution is 8.18. The van der Waals surface area contributed by atoms with Crippen molar-refractivity contribution >= 4 is 46.3 Å². The molecular formula is C28H33N3O3S. The number of nitrogens with one attached hydrogen (secondary N) is 1. The van der Waals surface area contributed by atoms with Gasteiger partial charge in [-0.3, -0.25) is 19.3 Å². The molecule has 2 aromatic carbocycles. The van der Waals surface area contributed by atoms with Gasteiger partial charge in [-0.2, -0.15) is 0 Å². The molecular weight excluding hydrogens is 458 g/mol. The van der Waals surface area contributed by atoms with E-state index in [1.165, 1.54) is 11.3 Å². The summed E-state index contributed by atoms with van der Waals surface area (Å²) >= 11 is 0.881. The fraction of sp³-hybridized carbons (Fsp3) is 0.393. The van der Waals surface area contributed by atoms with E-state index >= 15 is 0 Å². The van der Waals surface area contributed by atoms with E-state index in [2.05, 4.69) is 50.0 Å². The first kappa shape index (κ1) is 25.0. The van der Waals surface area contributed by atoms with Crippen LogP contribution in [0.2, 0.25) is 0 Å². The van der Waals surface area contributed by atoms with Gasteiger partial charge in [-0.25, -0.2) is 0 Å². The van der Waals surface area contributed by atoms with Crippen molar-refractivity contribution in [3.8, 4) is 0 Å². The summed E-state index contributed by atoms with van der Waals surface area (Å²) in [5.74, 6) is -0.441. The summed E-state index contributed by atoms with van der Waals surface area (Å²) in [5, 5.41) is 2.38. The molecule has 6 nitrogen and oxygen atoms in total. The Morgan fingerprint density at radius 1 is 1.17 bits per heavy atom. The van der Waals surface area contributed by atoms with Crippen molar-refractivity contribution in [3.05, 3.63) is 63.6 Å². The maximum atomic E-state index is 13.0. The number of amides is 3. The van der Waals surface area contributed by atoms with Gasteiger partial charge < -0.3 is 10.2 Å². The summed E-state index contributed by atoms with van der Waals surface area (Å²) in [6.07, 6.45) is 2.80. The zero-order valence-corrected chi connectivity index (χ0v) is 22.1. The summed E-state index contributed by atoms with van der Waals surface area (Å²) < 4.78 is 0. The second-order valence-corrected chi connectivity index (χ2v) is 11.1. The molecule has 1 atom stereocenters. The first-order chi connectivity index (χ1) is 16.5. The first-order valence-electron chi connectivity index (χ1n) is 12.0. The predicted octanol–water partition coefficient (Wildman–Crippen LogP) is 6.09.